The summed E-state index contributed by atoms with van der Waals surface area (Å²) >= 11 is 0. The van der Waals surface area contributed by atoms with Crippen molar-refractivity contribution in [3.63, 3.8) is 0 Å². The van der Waals surface area contributed by atoms with Crippen LogP contribution in [0.5, 0.6) is 5.75 Å². The molecule has 0 spiro atoms. The smallest absolute Gasteiger partial charge is 0.276 e. The van der Waals surface area contributed by atoms with Crippen molar-refractivity contribution in [2.24, 2.45) is 0 Å². The number of fused-ring (bicyclic) bond motifs is 1. The monoisotopic (exact) mass is 361 g/mol. The summed E-state index contributed by atoms with van der Waals surface area (Å²) in [5, 5.41) is 14.5. The van der Waals surface area contributed by atoms with E-state index in [-0.39, 0.29) is 17.8 Å². The summed E-state index contributed by atoms with van der Waals surface area (Å²) < 4.78 is 1.46. The van der Waals surface area contributed by atoms with E-state index in [2.05, 4.69) is 5.10 Å². The number of hydrogen-bond donors (Lipinski definition) is 1. The summed E-state index contributed by atoms with van der Waals surface area (Å²) in [6.45, 7) is 2.33. The fraction of sp³-hybridized carbons (Fsp3) is 0.190. The zero-order valence-electron chi connectivity index (χ0n) is 14.8. The van der Waals surface area contributed by atoms with Crippen molar-refractivity contribution in [2.45, 2.75) is 19.0 Å². The van der Waals surface area contributed by atoms with Crippen LogP contribution in [0.3, 0.4) is 0 Å². The van der Waals surface area contributed by atoms with E-state index in [1.54, 1.807) is 4.90 Å². The Kier molecular flexibility index (Phi) is 4.24. The van der Waals surface area contributed by atoms with Gasteiger partial charge in [0.2, 0.25) is 5.43 Å². The highest BCUT2D eigenvalue weighted by molar-refractivity contribution is 5.96. The van der Waals surface area contributed by atoms with Crippen LogP contribution in [-0.2, 0) is 0 Å². The molecule has 1 unspecified atom stereocenters. The van der Waals surface area contributed by atoms with Gasteiger partial charge in [-0.3, -0.25) is 9.59 Å². The van der Waals surface area contributed by atoms with E-state index in [9.17, 15) is 14.7 Å². The maximum absolute atomic E-state index is 13.1. The first-order chi connectivity index (χ1) is 13.1. The summed E-state index contributed by atoms with van der Waals surface area (Å²) in [5.74, 6) is -0.956. The molecular formula is C21H19N3O3. The average Bonchev–Trinajstić information content (AvgIpc) is 2.71. The van der Waals surface area contributed by atoms with Gasteiger partial charge in [-0.1, -0.05) is 60.7 Å². The van der Waals surface area contributed by atoms with Crippen LogP contribution in [-0.4, -0.2) is 32.2 Å². The molecule has 2 aromatic carbocycles. The predicted octanol–water partition coefficient (Wildman–Crippen LogP) is 2.76. The Bertz CT molecular complexity index is 1030. The van der Waals surface area contributed by atoms with Gasteiger partial charge in [0.05, 0.1) is 18.3 Å². The molecule has 1 amide bonds. The van der Waals surface area contributed by atoms with Crippen LogP contribution in [0.4, 0.5) is 0 Å². The Labute approximate surface area is 156 Å². The van der Waals surface area contributed by atoms with Crippen molar-refractivity contribution >= 4 is 5.91 Å². The number of aromatic nitrogens is 2. The van der Waals surface area contributed by atoms with Gasteiger partial charge < -0.3 is 10.0 Å². The van der Waals surface area contributed by atoms with Crippen LogP contribution in [0.2, 0.25) is 0 Å². The lowest BCUT2D eigenvalue weighted by atomic mass is 9.99. The van der Waals surface area contributed by atoms with Gasteiger partial charge in [-0.25, -0.2) is 4.68 Å². The molecule has 4 rings (SSSR count). The largest absolute Gasteiger partial charge is 0.502 e. The molecule has 0 radical (unpaired) electrons. The van der Waals surface area contributed by atoms with Crippen LogP contribution in [0, 0.1) is 0 Å². The molecule has 6 nitrogen and oxygen atoms in total. The normalized spacial score (nSPS) is 17.4. The highest BCUT2D eigenvalue weighted by Gasteiger charge is 2.37. The van der Waals surface area contributed by atoms with Gasteiger partial charge in [0.1, 0.15) is 0 Å². The minimum atomic E-state index is -0.657. The number of carbonyl (C=O) groups excluding carboxylic acids is 1. The van der Waals surface area contributed by atoms with Gasteiger partial charge in [0.25, 0.3) is 5.91 Å². The number of nitrogens with zero attached hydrogens (tertiary/aromatic N) is 3. The predicted molar refractivity (Wildman–Crippen MR) is 101 cm³/mol. The highest BCUT2D eigenvalue weighted by Crippen LogP contribution is 2.33. The van der Waals surface area contributed by atoms with Gasteiger partial charge >= 0.3 is 0 Å². The molecule has 0 aliphatic carbocycles. The van der Waals surface area contributed by atoms with Crippen molar-refractivity contribution < 1.29 is 9.90 Å². The lowest BCUT2D eigenvalue weighted by Gasteiger charge is -2.38. The Morgan fingerprint density at radius 1 is 1.04 bits per heavy atom. The number of benzene rings is 2. The molecule has 6 heteroatoms. The molecule has 3 aromatic rings. The summed E-state index contributed by atoms with van der Waals surface area (Å²) in [6.07, 6.45) is 1.05. The van der Waals surface area contributed by atoms with Crippen molar-refractivity contribution in [3.05, 3.63) is 93.9 Å². The molecule has 27 heavy (non-hydrogen) atoms. The molecule has 0 bridgehead atoms. The maximum Gasteiger partial charge on any atom is 0.276 e. The molecule has 2 heterocycles. The SMILES string of the molecule is C[C@@H](c1ccccc1)N1CC(c2ccccc2)n2ncc(=O)c(O)c2C1=O. The van der Waals surface area contributed by atoms with Crippen LogP contribution in [0.1, 0.15) is 40.6 Å². The van der Waals surface area contributed by atoms with Crippen molar-refractivity contribution in [1.82, 2.24) is 14.7 Å². The van der Waals surface area contributed by atoms with E-state index in [0.717, 1.165) is 17.3 Å². The fourth-order valence-corrected chi connectivity index (χ4v) is 3.54. The van der Waals surface area contributed by atoms with Gasteiger partial charge in [0, 0.05) is 6.54 Å². The van der Waals surface area contributed by atoms with E-state index in [0.29, 0.717) is 6.54 Å². The first-order valence-corrected chi connectivity index (χ1v) is 8.79. The first-order valence-electron chi connectivity index (χ1n) is 8.79. The van der Waals surface area contributed by atoms with Crippen LogP contribution < -0.4 is 5.43 Å². The highest BCUT2D eigenvalue weighted by atomic mass is 16.3. The number of amides is 1. The molecule has 1 N–H and O–H groups in total. The quantitative estimate of drug-likeness (QED) is 0.778. The molecule has 0 saturated heterocycles. The molecule has 1 aromatic heterocycles. The second-order valence-electron chi connectivity index (χ2n) is 6.62. The van der Waals surface area contributed by atoms with Gasteiger partial charge in [0.15, 0.2) is 11.4 Å². The van der Waals surface area contributed by atoms with Crippen LogP contribution >= 0.6 is 0 Å². The van der Waals surface area contributed by atoms with Crippen molar-refractivity contribution in [1.29, 1.82) is 0 Å². The third kappa shape index (κ3) is 2.89. The van der Waals surface area contributed by atoms with Gasteiger partial charge in [-0.15, -0.1) is 0 Å². The standard InChI is InChI=1S/C21H19N3O3/c1-14(15-8-4-2-5-9-15)23-13-17(16-10-6-3-7-11-16)24-19(21(23)27)20(26)18(25)12-22-24/h2-12,14,17,26H,13H2,1H3/t14-,17?/m0/s1. The number of hydrogen-bond acceptors (Lipinski definition) is 4. The van der Waals surface area contributed by atoms with E-state index in [1.807, 2.05) is 67.6 Å². The minimum absolute atomic E-state index is 0.0645. The zero-order valence-corrected chi connectivity index (χ0v) is 14.8. The average molecular weight is 361 g/mol. The van der Waals surface area contributed by atoms with Crippen molar-refractivity contribution in [3.8, 4) is 5.75 Å². The number of rotatable bonds is 3. The second-order valence-corrected chi connectivity index (χ2v) is 6.62. The Balaban J connectivity index is 1.86. The summed E-state index contributed by atoms with van der Waals surface area (Å²) in [7, 11) is 0. The van der Waals surface area contributed by atoms with E-state index in [1.165, 1.54) is 4.68 Å². The van der Waals surface area contributed by atoms with Crippen molar-refractivity contribution in [2.75, 3.05) is 6.54 Å². The van der Waals surface area contributed by atoms with E-state index < -0.39 is 17.1 Å². The molecule has 1 aliphatic heterocycles. The Morgan fingerprint density at radius 2 is 1.67 bits per heavy atom. The van der Waals surface area contributed by atoms with E-state index in [4.69, 9.17) is 0 Å². The molecular weight excluding hydrogens is 342 g/mol. The zero-order chi connectivity index (χ0) is 19.0. The Hall–Kier alpha value is -3.41. The second kappa shape index (κ2) is 6.72. The molecule has 136 valence electrons. The molecule has 2 atom stereocenters. The fourth-order valence-electron chi connectivity index (χ4n) is 3.54. The summed E-state index contributed by atoms with van der Waals surface area (Å²) in [5.41, 5.74) is 1.21. The lowest BCUT2D eigenvalue weighted by Crippen LogP contribution is -2.46. The Morgan fingerprint density at radius 3 is 2.33 bits per heavy atom. The minimum Gasteiger partial charge on any atom is -0.502 e. The maximum atomic E-state index is 13.1. The first kappa shape index (κ1) is 17.0. The molecule has 1 aliphatic rings. The molecule has 0 fully saturated rings. The third-order valence-electron chi connectivity index (χ3n) is 5.05. The molecule has 0 saturated carbocycles. The summed E-state index contributed by atoms with van der Waals surface area (Å²) in [4.78, 5) is 26.8. The summed E-state index contributed by atoms with van der Waals surface area (Å²) in [6, 6.07) is 18.8. The van der Waals surface area contributed by atoms with E-state index >= 15 is 0 Å². The topological polar surface area (TPSA) is 75.4 Å². The van der Waals surface area contributed by atoms with Crippen LogP contribution in [0.15, 0.2) is 71.7 Å². The van der Waals surface area contributed by atoms with Gasteiger partial charge in [-0.2, -0.15) is 5.10 Å². The number of carbonyl (C=O) groups is 1. The van der Waals surface area contributed by atoms with Gasteiger partial charge in [-0.05, 0) is 18.1 Å². The van der Waals surface area contributed by atoms with Crippen LogP contribution in [0.25, 0.3) is 0 Å². The number of aromatic hydroxyl groups is 1. The lowest BCUT2D eigenvalue weighted by molar-refractivity contribution is 0.0586. The third-order valence-corrected chi connectivity index (χ3v) is 5.05.